The Labute approximate surface area is 122 Å². The van der Waals surface area contributed by atoms with E-state index >= 15 is 0 Å². The highest BCUT2D eigenvalue weighted by molar-refractivity contribution is 7.98. The quantitative estimate of drug-likeness (QED) is 0.689. The standard InChI is InChI=1S/C10H7ClN6S2/c11-9-8(12-16-19-9)6-18-10-13-14-15-17(10)7-4-2-1-3-5-7/h1-5H,6H2. The molecule has 0 aliphatic rings. The third-order valence-electron chi connectivity index (χ3n) is 2.29. The third-order valence-corrected chi connectivity index (χ3v) is 4.20. The van der Waals surface area contributed by atoms with Crippen molar-refractivity contribution in [2.75, 3.05) is 0 Å². The summed E-state index contributed by atoms with van der Waals surface area (Å²) in [5.74, 6) is 0.586. The monoisotopic (exact) mass is 310 g/mol. The second-order valence-electron chi connectivity index (χ2n) is 3.49. The van der Waals surface area contributed by atoms with Crippen LogP contribution in [0.25, 0.3) is 5.69 Å². The number of para-hydroxylation sites is 1. The Bertz CT molecular complexity index is 667. The molecule has 0 unspecified atom stereocenters. The van der Waals surface area contributed by atoms with Gasteiger partial charge in [0.25, 0.3) is 0 Å². The van der Waals surface area contributed by atoms with Crippen molar-refractivity contribution < 1.29 is 0 Å². The van der Waals surface area contributed by atoms with Gasteiger partial charge in [0, 0.05) is 17.3 Å². The zero-order valence-electron chi connectivity index (χ0n) is 9.47. The van der Waals surface area contributed by atoms with Crippen LogP contribution in [0.5, 0.6) is 0 Å². The second-order valence-corrected chi connectivity index (χ2v) is 5.79. The maximum atomic E-state index is 5.96. The van der Waals surface area contributed by atoms with Gasteiger partial charge < -0.3 is 0 Å². The van der Waals surface area contributed by atoms with Crippen LogP contribution in [-0.2, 0) is 5.75 Å². The Hall–Kier alpha value is -1.51. The maximum absolute atomic E-state index is 5.96. The lowest BCUT2D eigenvalue weighted by Crippen LogP contribution is -1.98. The van der Waals surface area contributed by atoms with Crippen molar-refractivity contribution in [3.63, 3.8) is 0 Å². The molecule has 0 fully saturated rings. The number of halogens is 1. The van der Waals surface area contributed by atoms with Crippen molar-refractivity contribution in [1.82, 2.24) is 29.8 Å². The van der Waals surface area contributed by atoms with E-state index in [0.717, 1.165) is 11.4 Å². The lowest BCUT2D eigenvalue weighted by molar-refractivity contribution is 0.756. The molecule has 3 rings (SSSR count). The van der Waals surface area contributed by atoms with E-state index in [1.54, 1.807) is 4.68 Å². The van der Waals surface area contributed by atoms with Gasteiger partial charge in [0.15, 0.2) is 0 Å². The Morgan fingerprint density at radius 3 is 2.79 bits per heavy atom. The molecule has 0 radical (unpaired) electrons. The Morgan fingerprint density at radius 2 is 2.05 bits per heavy atom. The van der Waals surface area contributed by atoms with E-state index in [4.69, 9.17) is 11.6 Å². The summed E-state index contributed by atoms with van der Waals surface area (Å²) in [5.41, 5.74) is 1.66. The van der Waals surface area contributed by atoms with Crippen molar-refractivity contribution >= 4 is 34.9 Å². The number of hydrogen-bond acceptors (Lipinski definition) is 7. The SMILES string of the molecule is Clc1snnc1CSc1nnnn1-c1ccccc1. The van der Waals surface area contributed by atoms with Gasteiger partial charge >= 0.3 is 0 Å². The normalized spacial score (nSPS) is 10.8. The molecule has 0 aliphatic carbocycles. The van der Waals surface area contributed by atoms with E-state index in [-0.39, 0.29) is 0 Å². The summed E-state index contributed by atoms with van der Waals surface area (Å²) in [6, 6.07) is 9.70. The number of tetrazole rings is 1. The van der Waals surface area contributed by atoms with Gasteiger partial charge in [-0.25, -0.2) is 0 Å². The van der Waals surface area contributed by atoms with Gasteiger partial charge in [0.2, 0.25) is 5.16 Å². The highest BCUT2D eigenvalue weighted by atomic mass is 35.5. The summed E-state index contributed by atoms with van der Waals surface area (Å²) in [6.07, 6.45) is 0. The molecule has 19 heavy (non-hydrogen) atoms. The lowest BCUT2D eigenvalue weighted by Gasteiger charge is -2.02. The van der Waals surface area contributed by atoms with Crippen molar-refractivity contribution in [3.8, 4) is 5.69 Å². The first-order valence-corrected chi connectivity index (χ1v) is 7.41. The molecule has 0 spiro atoms. The van der Waals surface area contributed by atoms with Crippen LogP contribution >= 0.6 is 34.9 Å². The number of benzene rings is 1. The molecule has 6 nitrogen and oxygen atoms in total. The van der Waals surface area contributed by atoms with Crippen LogP contribution in [0.2, 0.25) is 4.34 Å². The second kappa shape index (κ2) is 5.64. The first-order chi connectivity index (χ1) is 9.34. The van der Waals surface area contributed by atoms with Gasteiger partial charge in [-0.05, 0) is 22.6 Å². The number of nitrogens with zero attached hydrogens (tertiary/aromatic N) is 6. The maximum Gasteiger partial charge on any atom is 0.214 e. The molecule has 1 aromatic carbocycles. The molecule has 0 saturated heterocycles. The van der Waals surface area contributed by atoms with Gasteiger partial charge in [-0.1, -0.05) is 46.1 Å². The highest BCUT2D eigenvalue weighted by Crippen LogP contribution is 2.26. The molecule has 2 heterocycles. The Morgan fingerprint density at radius 1 is 1.21 bits per heavy atom. The largest absolute Gasteiger partial charge is 0.214 e. The predicted octanol–water partition coefficient (Wildman–Crippen LogP) is 2.46. The molecule has 0 aliphatic heterocycles. The number of rotatable bonds is 4. The van der Waals surface area contributed by atoms with Crippen LogP contribution in [0, 0.1) is 0 Å². The molecule has 96 valence electrons. The van der Waals surface area contributed by atoms with Crippen molar-refractivity contribution in [1.29, 1.82) is 0 Å². The molecule has 0 amide bonds. The summed E-state index contributed by atoms with van der Waals surface area (Å²) in [4.78, 5) is 0. The van der Waals surface area contributed by atoms with Crippen molar-refractivity contribution in [2.24, 2.45) is 0 Å². The Kier molecular flexibility index (Phi) is 3.72. The van der Waals surface area contributed by atoms with Gasteiger partial charge in [-0.15, -0.1) is 10.2 Å². The van der Waals surface area contributed by atoms with Crippen molar-refractivity contribution in [2.45, 2.75) is 10.9 Å². The minimum atomic E-state index is 0.586. The molecular formula is C10H7ClN6S2. The van der Waals surface area contributed by atoms with Gasteiger partial charge in [-0.3, -0.25) is 0 Å². The smallest absolute Gasteiger partial charge is 0.188 e. The van der Waals surface area contributed by atoms with Crippen LogP contribution < -0.4 is 0 Å². The zero-order valence-corrected chi connectivity index (χ0v) is 11.9. The molecule has 0 atom stereocenters. The topological polar surface area (TPSA) is 69.4 Å². The summed E-state index contributed by atoms with van der Waals surface area (Å²) in [5, 5.41) is 16.3. The van der Waals surface area contributed by atoms with Gasteiger partial charge in [0.1, 0.15) is 10.0 Å². The van der Waals surface area contributed by atoms with Crippen LogP contribution in [-0.4, -0.2) is 29.8 Å². The van der Waals surface area contributed by atoms with Crippen molar-refractivity contribution in [3.05, 3.63) is 40.4 Å². The molecular weight excluding hydrogens is 304 g/mol. The third kappa shape index (κ3) is 2.75. The average Bonchev–Trinajstić information content (AvgIpc) is 3.06. The number of thioether (sulfide) groups is 1. The minimum Gasteiger partial charge on any atom is -0.188 e. The fourth-order valence-corrected chi connectivity index (χ4v) is 3.04. The minimum absolute atomic E-state index is 0.586. The highest BCUT2D eigenvalue weighted by Gasteiger charge is 2.11. The summed E-state index contributed by atoms with van der Waals surface area (Å²) < 4.78 is 6.07. The fourth-order valence-electron chi connectivity index (χ4n) is 1.42. The molecule has 9 heteroatoms. The predicted molar refractivity (Wildman–Crippen MR) is 73.6 cm³/mol. The van der Waals surface area contributed by atoms with Gasteiger partial charge in [0.05, 0.1) is 5.69 Å². The van der Waals surface area contributed by atoms with E-state index in [2.05, 4.69) is 25.1 Å². The summed E-state index contributed by atoms with van der Waals surface area (Å²) >= 11 is 8.60. The molecule has 0 bridgehead atoms. The Balaban J connectivity index is 1.80. The summed E-state index contributed by atoms with van der Waals surface area (Å²) in [6.45, 7) is 0. The van der Waals surface area contributed by atoms with Crippen LogP contribution in [0.4, 0.5) is 0 Å². The number of hydrogen-bond donors (Lipinski definition) is 0. The van der Waals surface area contributed by atoms with E-state index < -0.39 is 0 Å². The summed E-state index contributed by atoms with van der Waals surface area (Å²) in [7, 11) is 0. The first kappa shape index (κ1) is 12.5. The zero-order chi connectivity index (χ0) is 13.1. The molecule has 0 N–H and O–H groups in total. The molecule has 3 aromatic rings. The lowest BCUT2D eigenvalue weighted by atomic mass is 10.3. The first-order valence-electron chi connectivity index (χ1n) is 5.28. The van der Waals surface area contributed by atoms with E-state index in [0.29, 0.717) is 15.2 Å². The average molecular weight is 311 g/mol. The van der Waals surface area contributed by atoms with E-state index in [9.17, 15) is 0 Å². The molecule has 2 aromatic heterocycles. The fraction of sp³-hybridized carbons (Fsp3) is 0.100. The van der Waals surface area contributed by atoms with Crippen LogP contribution in [0.1, 0.15) is 5.69 Å². The number of aromatic nitrogens is 6. The molecule has 0 saturated carbocycles. The van der Waals surface area contributed by atoms with Gasteiger partial charge in [-0.2, -0.15) is 4.68 Å². The van der Waals surface area contributed by atoms with Crippen LogP contribution in [0.15, 0.2) is 35.5 Å². The van der Waals surface area contributed by atoms with E-state index in [1.165, 1.54) is 23.3 Å². The van der Waals surface area contributed by atoms with Crippen LogP contribution in [0.3, 0.4) is 0 Å². The van der Waals surface area contributed by atoms with E-state index in [1.807, 2.05) is 30.3 Å².